The number of amides is 2. The van der Waals surface area contributed by atoms with Crippen LogP contribution in [0, 0.1) is 5.92 Å². The van der Waals surface area contributed by atoms with Gasteiger partial charge in [0.15, 0.2) is 11.5 Å². The van der Waals surface area contributed by atoms with E-state index in [2.05, 4.69) is 28.1 Å². The highest BCUT2D eigenvalue weighted by Gasteiger charge is 2.30. The second-order valence-electron chi connectivity index (χ2n) is 10.2. The Morgan fingerprint density at radius 3 is 2.51 bits per heavy atom. The molecule has 0 bridgehead atoms. The number of benzene rings is 2. The number of fused-ring (bicyclic) bond motifs is 1. The van der Waals surface area contributed by atoms with Crippen molar-refractivity contribution in [1.29, 1.82) is 0 Å². The number of rotatable bonds is 11. The van der Waals surface area contributed by atoms with Gasteiger partial charge in [-0.25, -0.2) is 0 Å². The lowest BCUT2D eigenvalue weighted by molar-refractivity contribution is -0.126. The van der Waals surface area contributed by atoms with Crippen LogP contribution < -0.4 is 31.2 Å². The molecule has 4 rings (SSSR count). The van der Waals surface area contributed by atoms with Crippen molar-refractivity contribution in [3.05, 3.63) is 59.2 Å². The van der Waals surface area contributed by atoms with Crippen LogP contribution in [0.5, 0.6) is 11.5 Å². The standard InChI is InChI=1S/C29H40N4O4/c1-36-25-15-12-20(17-26(25)37-2)18-27(34)33-29(30)32-24(16-19-8-4-3-5-9-19)28(35)31-23-14-13-21-10-6-7-11-22(21)23/h6-7,10-12,15,17,19,23-24,29,32H,3-5,8-9,13-14,16,18,30H2,1-2H3,(H,31,35)(H,33,34)/t23?,24-,29?/m1/s1. The quantitative estimate of drug-likeness (QED) is 0.346. The molecule has 2 aliphatic rings. The average molecular weight is 509 g/mol. The molecule has 0 saturated heterocycles. The smallest absolute Gasteiger partial charge is 0.237 e. The summed E-state index contributed by atoms with van der Waals surface area (Å²) in [6.45, 7) is 0. The molecule has 0 aliphatic heterocycles. The molecule has 0 heterocycles. The first-order valence-corrected chi connectivity index (χ1v) is 13.4. The molecule has 200 valence electrons. The number of methoxy groups -OCH3 is 2. The molecule has 2 aromatic rings. The van der Waals surface area contributed by atoms with Crippen LogP contribution in [0.1, 0.15) is 67.7 Å². The highest BCUT2D eigenvalue weighted by Crippen LogP contribution is 2.32. The first kappa shape index (κ1) is 26.9. The third-order valence-electron chi connectivity index (χ3n) is 7.57. The van der Waals surface area contributed by atoms with Crippen molar-refractivity contribution in [1.82, 2.24) is 16.0 Å². The van der Waals surface area contributed by atoms with Gasteiger partial charge in [-0.05, 0) is 54.0 Å². The van der Waals surface area contributed by atoms with E-state index in [-0.39, 0.29) is 24.3 Å². The molecule has 3 atom stereocenters. The van der Waals surface area contributed by atoms with E-state index in [0.717, 1.165) is 31.2 Å². The van der Waals surface area contributed by atoms with E-state index in [1.165, 1.54) is 30.4 Å². The zero-order valence-corrected chi connectivity index (χ0v) is 21.9. The zero-order chi connectivity index (χ0) is 26.2. The van der Waals surface area contributed by atoms with Crippen molar-refractivity contribution in [3.8, 4) is 11.5 Å². The Balaban J connectivity index is 1.37. The lowest BCUT2D eigenvalue weighted by Crippen LogP contribution is -2.59. The minimum atomic E-state index is -0.845. The molecule has 0 spiro atoms. The first-order chi connectivity index (χ1) is 18.0. The van der Waals surface area contributed by atoms with Crippen LogP contribution in [-0.2, 0) is 22.4 Å². The monoisotopic (exact) mass is 508 g/mol. The average Bonchev–Trinajstić information content (AvgIpc) is 3.31. The Kier molecular flexibility index (Phi) is 9.41. The van der Waals surface area contributed by atoms with Crippen LogP contribution >= 0.6 is 0 Å². The summed E-state index contributed by atoms with van der Waals surface area (Å²) in [5.74, 6) is 1.34. The molecule has 1 saturated carbocycles. The van der Waals surface area contributed by atoms with E-state index in [4.69, 9.17) is 15.2 Å². The van der Waals surface area contributed by atoms with Gasteiger partial charge in [-0.3, -0.25) is 20.6 Å². The van der Waals surface area contributed by atoms with E-state index in [1.807, 2.05) is 18.2 Å². The summed E-state index contributed by atoms with van der Waals surface area (Å²) in [4.78, 5) is 26.2. The number of hydrogen-bond donors (Lipinski definition) is 4. The molecule has 0 aromatic heterocycles. The van der Waals surface area contributed by atoms with Crippen LogP contribution in [0.4, 0.5) is 0 Å². The summed E-state index contributed by atoms with van der Waals surface area (Å²) < 4.78 is 10.6. The lowest BCUT2D eigenvalue weighted by Gasteiger charge is -2.30. The number of ether oxygens (including phenoxy) is 2. The number of hydrogen-bond acceptors (Lipinski definition) is 6. The van der Waals surface area contributed by atoms with Crippen molar-refractivity contribution >= 4 is 11.8 Å². The van der Waals surface area contributed by atoms with Crippen LogP contribution in [0.15, 0.2) is 42.5 Å². The Labute approximate surface area is 219 Å². The Morgan fingerprint density at radius 1 is 1.00 bits per heavy atom. The van der Waals surface area contributed by atoms with Crippen molar-refractivity contribution < 1.29 is 19.1 Å². The number of nitrogens with one attached hydrogen (secondary N) is 3. The topological polar surface area (TPSA) is 115 Å². The van der Waals surface area contributed by atoms with Crippen LogP contribution in [-0.4, -0.2) is 38.4 Å². The van der Waals surface area contributed by atoms with Crippen molar-refractivity contribution in [2.75, 3.05) is 14.2 Å². The van der Waals surface area contributed by atoms with Crippen LogP contribution in [0.25, 0.3) is 0 Å². The molecule has 8 nitrogen and oxygen atoms in total. The minimum Gasteiger partial charge on any atom is -0.493 e. The molecule has 2 unspecified atom stereocenters. The van der Waals surface area contributed by atoms with Crippen molar-refractivity contribution in [2.24, 2.45) is 11.7 Å². The minimum absolute atomic E-state index is 0.00947. The van der Waals surface area contributed by atoms with E-state index < -0.39 is 12.3 Å². The molecular weight excluding hydrogens is 468 g/mol. The van der Waals surface area contributed by atoms with Gasteiger partial charge in [-0.15, -0.1) is 0 Å². The second kappa shape index (κ2) is 12.9. The highest BCUT2D eigenvalue weighted by molar-refractivity contribution is 5.83. The van der Waals surface area contributed by atoms with Gasteiger partial charge < -0.3 is 20.1 Å². The Hall–Kier alpha value is -3.10. The van der Waals surface area contributed by atoms with Crippen LogP contribution in [0.3, 0.4) is 0 Å². The van der Waals surface area contributed by atoms with Gasteiger partial charge >= 0.3 is 0 Å². The van der Waals surface area contributed by atoms with Gasteiger partial charge in [-0.2, -0.15) is 0 Å². The van der Waals surface area contributed by atoms with Crippen molar-refractivity contribution in [2.45, 2.75) is 76.2 Å². The third-order valence-corrected chi connectivity index (χ3v) is 7.57. The summed E-state index contributed by atoms with van der Waals surface area (Å²) in [6.07, 6.45) is 7.76. The predicted octanol–water partition coefficient (Wildman–Crippen LogP) is 3.34. The van der Waals surface area contributed by atoms with Gasteiger partial charge in [0.05, 0.1) is 32.7 Å². The highest BCUT2D eigenvalue weighted by atomic mass is 16.5. The van der Waals surface area contributed by atoms with Crippen molar-refractivity contribution in [3.63, 3.8) is 0 Å². The summed E-state index contributed by atoms with van der Waals surface area (Å²) in [5.41, 5.74) is 9.56. The second-order valence-corrected chi connectivity index (χ2v) is 10.2. The molecular formula is C29H40N4O4. The molecule has 2 aliphatic carbocycles. The van der Waals surface area contributed by atoms with Gasteiger partial charge in [0.2, 0.25) is 11.8 Å². The first-order valence-electron chi connectivity index (χ1n) is 13.4. The summed E-state index contributed by atoms with van der Waals surface area (Å²) in [7, 11) is 3.13. The van der Waals surface area contributed by atoms with Gasteiger partial charge in [0, 0.05) is 0 Å². The maximum Gasteiger partial charge on any atom is 0.237 e. The fraction of sp³-hybridized carbons (Fsp3) is 0.517. The van der Waals surface area contributed by atoms with E-state index in [9.17, 15) is 9.59 Å². The number of aryl methyl sites for hydroxylation is 1. The Bertz CT molecular complexity index is 1070. The number of nitrogens with two attached hydrogens (primary N) is 1. The molecule has 5 N–H and O–H groups in total. The number of carbonyl (C=O) groups excluding carboxylic acids is 2. The van der Waals surface area contributed by atoms with E-state index in [0.29, 0.717) is 23.8 Å². The summed E-state index contributed by atoms with van der Waals surface area (Å²) in [5, 5.41) is 9.26. The summed E-state index contributed by atoms with van der Waals surface area (Å²) >= 11 is 0. The zero-order valence-electron chi connectivity index (χ0n) is 21.9. The van der Waals surface area contributed by atoms with Gasteiger partial charge in [0.25, 0.3) is 0 Å². The molecule has 2 aromatic carbocycles. The van der Waals surface area contributed by atoms with E-state index >= 15 is 0 Å². The third kappa shape index (κ3) is 7.23. The molecule has 0 radical (unpaired) electrons. The van der Waals surface area contributed by atoms with E-state index in [1.54, 1.807) is 26.4 Å². The normalized spacial score (nSPS) is 18.9. The molecule has 2 amide bonds. The Morgan fingerprint density at radius 2 is 1.76 bits per heavy atom. The molecule has 37 heavy (non-hydrogen) atoms. The maximum atomic E-state index is 13.5. The molecule has 8 heteroatoms. The maximum absolute atomic E-state index is 13.5. The SMILES string of the molecule is COc1ccc(CC(=O)NC(N)N[C@H](CC2CCCCC2)C(=O)NC2CCc3ccccc32)cc1OC. The van der Waals surface area contributed by atoms with Crippen LogP contribution in [0.2, 0.25) is 0 Å². The largest absolute Gasteiger partial charge is 0.493 e. The fourth-order valence-electron chi connectivity index (χ4n) is 5.65. The van der Waals surface area contributed by atoms with Gasteiger partial charge in [-0.1, -0.05) is 62.4 Å². The number of carbonyl (C=O) groups is 2. The summed E-state index contributed by atoms with van der Waals surface area (Å²) in [6, 6.07) is 13.2. The predicted molar refractivity (Wildman–Crippen MR) is 143 cm³/mol. The molecule has 1 fully saturated rings. The van der Waals surface area contributed by atoms with Gasteiger partial charge in [0.1, 0.15) is 6.29 Å². The lowest BCUT2D eigenvalue weighted by atomic mass is 9.84. The fourth-order valence-corrected chi connectivity index (χ4v) is 5.65.